The number of nitro groups is 1. The third-order valence-corrected chi connectivity index (χ3v) is 1.95. The van der Waals surface area contributed by atoms with E-state index < -0.39 is 10.9 Å². The topological polar surface area (TPSA) is 143 Å². The number of nitro benzene ring substituents is 1. The minimum atomic E-state index is -0.574. The number of nitrogens with zero attached hydrogens (tertiary/aromatic N) is 3. The molecule has 0 spiro atoms. The molecule has 0 atom stereocenters. The van der Waals surface area contributed by atoms with Gasteiger partial charge in [0.15, 0.2) is 0 Å². The highest BCUT2D eigenvalue weighted by Crippen LogP contribution is 2.22. The predicted molar refractivity (Wildman–Crippen MR) is 64.3 cm³/mol. The van der Waals surface area contributed by atoms with E-state index in [2.05, 4.69) is 5.10 Å². The number of hydrogen-bond donors (Lipinski definition) is 2. The van der Waals surface area contributed by atoms with Gasteiger partial charge in [-0.15, -0.1) is 9.95 Å². The zero-order valence-electron chi connectivity index (χ0n) is 9.44. The number of rotatable bonds is 4. The molecule has 0 amide bonds. The van der Waals surface area contributed by atoms with Crippen molar-refractivity contribution in [3.05, 3.63) is 39.1 Å². The van der Waals surface area contributed by atoms with E-state index in [9.17, 15) is 15.3 Å². The molecular weight excluding hydrogens is 242 g/mol. The van der Waals surface area contributed by atoms with Crippen LogP contribution >= 0.6 is 0 Å². The molecule has 0 bridgehead atoms. The van der Waals surface area contributed by atoms with Crippen molar-refractivity contribution in [3.63, 3.8) is 0 Å². The zero-order valence-corrected chi connectivity index (χ0v) is 9.44. The van der Waals surface area contributed by atoms with Gasteiger partial charge in [-0.1, -0.05) is 0 Å². The standard InChI is InChI=1S/C9H11N5O4/c1-18-8-3-2-7(14(16)17)4-6(8)5-12-13(15)9(10)11/h2-5H,10-11H2,1H3/b12-5+. The van der Waals surface area contributed by atoms with Crippen LogP contribution in [0.25, 0.3) is 0 Å². The fraction of sp³-hybridized carbons (Fsp3) is 0.111. The number of hydrogen-bond acceptors (Lipinski definition) is 5. The Hall–Kier alpha value is -2.84. The monoisotopic (exact) mass is 253 g/mol. The van der Waals surface area contributed by atoms with Crippen molar-refractivity contribution >= 4 is 17.9 Å². The van der Waals surface area contributed by atoms with Crippen LogP contribution in [0.4, 0.5) is 5.69 Å². The molecule has 0 saturated heterocycles. The molecule has 0 aromatic heterocycles. The van der Waals surface area contributed by atoms with E-state index in [0.717, 1.165) is 6.21 Å². The summed E-state index contributed by atoms with van der Waals surface area (Å²) < 4.78 is 4.97. The first-order chi connectivity index (χ1) is 8.45. The molecule has 1 aromatic carbocycles. The Balaban J connectivity index is 3.17. The fourth-order valence-electron chi connectivity index (χ4n) is 1.12. The lowest BCUT2D eigenvalue weighted by Gasteiger charge is -2.05. The van der Waals surface area contributed by atoms with Crippen LogP contribution in [0.5, 0.6) is 5.75 Å². The Morgan fingerprint density at radius 2 is 2.11 bits per heavy atom. The molecule has 0 radical (unpaired) electrons. The minimum absolute atomic E-state index is 0.0156. The molecule has 0 fully saturated rings. The average molecular weight is 253 g/mol. The van der Waals surface area contributed by atoms with Gasteiger partial charge >= 0.3 is 5.96 Å². The normalized spacial score (nSPS) is 10.3. The molecule has 18 heavy (non-hydrogen) atoms. The lowest BCUT2D eigenvalue weighted by Crippen LogP contribution is -2.30. The lowest BCUT2D eigenvalue weighted by molar-refractivity contribution is -0.463. The lowest BCUT2D eigenvalue weighted by atomic mass is 10.2. The van der Waals surface area contributed by atoms with E-state index in [0.29, 0.717) is 5.75 Å². The Kier molecular flexibility index (Phi) is 4.02. The van der Waals surface area contributed by atoms with Crippen LogP contribution in [0.1, 0.15) is 5.56 Å². The van der Waals surface area contributed by atoms with Crippen LogP contribution in [-0.2, 0) is 0 Å². The Bertz CT molecular complexity index is 522. The summed E-state index contributed by atoms with van der Waals surface area (Å²) in [4.78, 5) is 10.0. The molecule has 9 heteroatoms. The van der Waals surface area contributed by atoms with E-state index in [1.165, 1.54) is 25.3 Å². The van der Waals surface area contributed by atoms with E-state index in [4.69, 9.17) is 16.2 Å². The largest absolute Gasteiger partial charge is 0.722 e. The fourth-order valence-corrected chi connectivity index (χ4v) is 1.12. The van der Waals surface area contributed by atoms with Gasteiger partial charge in [0.25, 0.3) is 5.69 Å². The maximum Gasteiger partial charge on any atom is 0.366 e. The van der Waals surface area contributed by atoms with Crippen molar-refractivity contribution in [2.45, 2.75) is 0 Å². The first-order valence-corrected chi connectivity index (χ1v) is 4.67. The van der Waals surface area contributed by atoms with Crippen LogP contribution in [0.15, 0.2) is 23.3 Å². The highest BCUT2D eigenvalue weighted by atomic mass is 16.6. The van der Waals surface area contributed by atoms with Gasteiger partial charge in [-0.05, 0) is 6.07 Å². The maximum atomic E-state index is 11.0. The minimum Gasteiger partial charge on any atom is -0.722 e. The highest BCUT2D eigenvalue weighted by Gasteiger charge is 2.09. The first-order valence-electron chi connectivity index (χ1n) is 4.67. The summed E-state index contributed by atoms with van der Waals surface area (Å²) in [5, 5.41) is 25.0. The van der Waals surface area contributed by atoms with Crippen molar-refractivity contribution in [2.75, 3.05) is 7.11 Å². The number of benzene rings is 1. The van der Waals surface area contributed by atoms with Crippen molar-refractivity contribution in [3.8, 4) is 5.75 Å². The molecule has 0 unspecified atom stereocenters. The van der Waals surface area contributed by atoms with Crippen LogP contribution in [0, 0.1) is 15.3 Å². The summed E-state index contributed by atoms with van der Waals surface area (Å²) in [5.41, 5.74) is 10.1. The average Bonchev–Trinajstić information content (AvgIpc) is 2.35. The Morgan fingerprint density at radius 1 is 1.44 bits per heavy atom. The number of hydrazone groups is 1. The number of ether oxygens (including phenoxy) is 1. The molecule has 1 rings (SSSR count). The molecule has 0 saturated carbocycles. The quantitative estimate of drug-likeness (QED) is 0.188. The van der Waals surface area contributed by atoms with Gasteiger partial charge < -0.3 is 9.94 Å². The van der Waals surface area contributed by atoms with Crippen molar-refractivity contribution in [1.29, 1.82) is 0 Å². The third-order valence-electron chi connectivity index (χ3n) is 1.95. The number of methoxy groups -OCH3 is 1. The summed E-state index contributed by atoms with van der Waals surface area (Å²) in [7, 11) is 1.39. The van der Waals surface area contributed by atoms with E-state index in [-0.39, 0.29) is 16.1 Å². The Morgan fingerprint density at radius 3 is 2.61 bits per heavy atom. The second-order valence-corrected chi connectivity index (χ2v) is 3.13. The summed E-state index contributed by atoms with van der Waals surface area (Å²) in [5.74, 6) is -0.219. The molecule has 1 aromatic rings. The maximum absolute atomic E-state index is 11.0. The van der Waals surface area contributed by atoms with E-state index in [1.807, 2.05) is 0 Å². The second kappa shape index (κ2) is 5.48. The van der Waals surface area contributed by atoms with Gasteiger partial charge in [0.05, 0.1) is 18.2 Å². The third kappa shape index (κ3) is 3.07. The molecule has 0 heterocycles. The molecule has 4 N–H and O–H groups in total. The molecule has 0 aliphatic heterocycles. The van der Waals surface area contributed by atoms with Crippen LogP contribution in [-0.4, -0.2) is 29.1 Å². The SMILES string of the molecule is COc1ccc([N+](=O)[O-])cc1/C=N/[N+]([O-])=C(N)N. The molecule has 0 aliphatic carbocycles. The smallest absolute Gasteiger partial charge is 0.366 e. The van der Waals surface area contributed by atoms with Gasteiger partial charge in [-0.2, -0.15) is 0 Å². The summed E-state index contributed by atoms with van der Waals surface area (Å²) in [6, 6.07) is 3.88. The van der Waals surface area contributed by atoms with Crippen molar-refractivity contribution in [1.82, 2.24) is 0 Å². The van der Waals surface area contributed by atoms with Crippen LogP contribution in [0.2, 0.25) is 0 Å². The number of non-ortho nitro benzene ring substituents is 1. The molecule has 0 aliphatic rings. The van der Waals surface area contributed by atoms with Gasteiger partial charge in [0, 0.05) is 17.7 Å². The van der Waals surface area contributed by atoms with E-state index in [1.54, 1.807) is 0 Å². The molecule has 9 nitrogen and oxygen atoms in total. The van der Waals surface area contributed by atoms with Crippen LogP contribution in [0.3, 0.4) is 0 Å². The van der Waals surface area contributed by atoms with E-state index >= 15 is 0 Å². The zero-order chi connectivity index (χ0) is 13.7. The first kappa shape index (κ1) is 13.2. The number of guanidine groups is 1. The van der Waals surface area contributed by atoms with Crippen LogP contribution < -0.4 is 16.2 Å². The second-order valence-electron chi connectivity index (χ2n) is 3.13. The molecular formula is C9H11N5O4. The summed E-state index contributed by atoms with van der Waals surface area (Å²) in [6.45, 7) is 0. The summed E-state index contributed by atoms with van der Waals surface area (Å²) in [6.07, 6.45) is 1.07. The van der Waals surface area contributed by atoms with Crippen molar-refractivity contribution < 1.29 is 14.5 Å². The predicted octanol–water partition coefficient (Wildman–Crippen LogP) is -0.279. The van der Waals surface area contributed by atoms with Gasteiger partial charge in [0.1, 0.15) is 5.75 Å². The highest BCUT2D eigenvalue weighted by molar-refractivity contribution is 5.84. The van der Waals surface area contributed by atoms with Gasteiger partial charge in [0.2, 0.25) is 0 Å². The van der Waals surface area contributed by atoms with Gasteiger partial charge in [-0.25, -0.2) is 0 Å². The summed E-state index contributed by atoms with van der Waals surface area (Å²) >= 11 is 0. The number of nitrogens with two attached hydrogens (primary N) is 2. The molecule has 96 valence electrons. The van der Waals surface area contributed by atoms with Crippen molar-refractivity contribution in [2.24, 2.45) is 16.6 Å². The van der Waals surface area contributed by atoms with Gasteiger partial charge in [-0.3, -0.25) is 21.6 Å². The Labute approximate surface area is 102 Å².